The molecule has 0 amide bonds. The largest absolute Gasteiger partial charge is 0.496 e. The average Bonchev–Trinajstić information content (AvgIpc) is 3.24. The van der Waals surface area contributed by atoms with Gasteiger partial charge in [-0.2, -0.15) is 5.26 Å². The van der Waals surface area contributed by atoms with Crippen LogP contribution in [0.25, 0.3) is 0 Å². The van der Waals surface area contributed by atoms with Crippen LogP contribution in [0.3, 0.4) is 0 Å². The van der Waals surface area contributed by atoms with E-state index in [1.807, 2.05) is 33.8 Å². The maximum absolute atomic E-state index is 9.36. The van der Waals surface area contributed by atoms with Crippen LogP contribution in [-0.2, 0) is 9.31 Å². The monoisotopic (exact) mass is 299 g/mol. The summed E-state index contributed by atoms with van der Waals surface area (Å²) in [6.07, 6.45) is 4.26. The minimum Gasteiger partial charge on any atom is -0.399 e. The molecular formula is C16H22BN3O2. The van der Waals surface area contributed by atoms with Gasteiger partial charge in [0.15, 0.2) is 0 Å². The van der Waals surface area contributed by atoms with E-state index in [1.54, 1.807) is 6.20 Å². The highest BCUT2D eigenvalue weighted by Crippen LogP contribution is 2.36. The second kappa shape index (κ2) is 5.25. The molecule has 2 heterocycles. The summed E-state index contributed by atoms with van der Waals surface area (Å²) >= 11 is 0. The van der Waals surface area contributed by atoms with Crippen LogP contribution in [0.4, 0.5) is 5.82 Å². The van der Waals surface area contributed by atoms with Gasteiger partial charge < -0.3 is 14.6 Å². The van der Waals surface area contributed by atoms with Crippen LogP contribution in [-0.4, -0.2) is 29.8 Å². The predicted octanol–water partition coefficient (Wildman–Crippen LogP) is 2.07. The van der Waals surface area contributed by atoms with Crippen molar-refractivity contribution in [1.29, 1.82) is 5.26 Å². The van der Waals surface area contributed by atoms with Gasteiger partial charge >= 0.3 is 7.12 Å². The minimum atomic E-state index is -0.484. The first kappa shape index (κ1) is 15.3. The van der Waals surface area contributed by atoms with E-state index in [1.165, 1.54) is 12.8 Å². The van der Waals surface area contributed by atoms with Crippen molar-refractivity contribution in [2.75, 3.05) is 11.9 Å². The van der Waals surface area contributed by atoms with Gasteiger partial charge in [0.05, 0.1) is 16.8 Å². The summed E-state index contributed by atoms with van der Waals surface area (Å²) in [5, 5.41) is 12.6. The quantitative estimate of drug-likeness (QED) is 0.862. The van der Waals surface area contributed by atoms with Gasteiger partial charge in [0.1, 0.15) is 11.9 Å². The predicted molar refractivity (Wildman–Crippen MR) is 85.9 cm³/mol. The molecule has 1 aromatic heterocycles. The van der Waals surface area contributed by atoms with Crippen molar-refractivity contribution in [3.05, 3.63) is 17.8 Å². The lowest BCUT2D eigenvalue weighted by Crippen LogP contribution is -2.41. The average molecular weight is 299 g/mol. The maximum Gasteiger partial charge on any atom is 0.496 e. The molecule has 116 valence electrons. The molecule has 1 saturated heterocycles. The first-order chi connectivity index (χ1) is 10.3. The number of aromatic nitrogens is 1. The lowest BCUT2D eigenvalue weighted by Gasteiger charge is -2.32. The summed E-state index contributed by atoms with van der Waals surface area (Å²) in [7, 11) is -0.484. The van der Waals surface area contributed by atoms with E-state index in [0.29, 0.717) is 11.4 Å². The Labute approximate surface area is 132 Å². The third-order valence-electron chi connectivity index (χ3n) is 4.81. The molecule has 1 aromatic rings. The fourth-order valence-corrected chi connectivity index (χ4v) is 2.38. The minimum absolute atomic E-state index is 0.395. The Balaban J connectivity index is 1.79. The Morgan fingerprint density at radius 2 is 1.95 bits per heavy atom. The van der Waals surface area contributed by atoms with Gasteiger partial charge in [0.2, 0.25) is 0 Å². The van der Waals surface area contributed by atoms with E-state index in [-0.39, 0.29) is 0 Å². The van der Waals surface area contributed by atoms with Crippen LogP contribution >= 0.6 is 0 Å². The molecule has 3 rings (SSSR count). The van der Waals surface area contributed by atoms with Crippen LogP contribution in [0.5, 0.6) is 0 Å². The van der Waals surface area contributed by atoms with E-state index in [2.05, 4.69) is 16.4 Å². The van der Waals surface area contributed by atoms with Crippen molar-refractivity contribution in [2.45, 2.75) is 51.7 Å². The first-order valence-corrected chi connectivity index (χ1v) is 7.82. The number of nitrogens with one attached hydrogen (secondary N) is 1. The van der Waals surface area contributed by atoms with E-state index in [0.717, 1.165) is 17.9 Å². The van der Waals surface area contributed by atoms with Crippen LogP contribution < -0.4 is 10.8 Å². The van der Waals surface area contributed by atoms with Crippen molar-refractivity contribution in [1.82, 2.24) is 4.98 Å². The lowest BCUT2D eigenvalue weighted by molar-refractivity contribution is 0.00578. The van der Waals surface area contributed by atoms with Gasteiger partial charge in [-0.1, -0.05) is 0 Å². The molecule has 5 nitrogen and oxygen atoms in total. The Kier molecular flexibility index (Phi) is 3.66. The number of hydrogen-bond donors (Lipinski definition) is 1. The molecule has 1 aliphatic heterocycles. The van der Waals surface area contributed by atoms with Crippen LogP contribution in [0, 0.1) is 17.2 Å². The van der Waals surface area contributed by atoms with E-state index < -0.39 is 18.3 Å². The molecule has 2 fully saturated rings. The zero-order valence-electron chi connectivity index (χ0n) is 13.6. The highest BCUT2D eigenvalue weighted by molar-refractivity contribution is 6.62. The van der Waals surface area contributed by atoms with Crippen molar-refractivity contribution in [2.24, 2.45) is 5.92 Å². The molecule has 0 aromatic carbocycles. The van der Waals surface area contributed by atoms with Crippen molar-refractivity contribution in [3.63, 3.8) is 0 Å². The van der Waals surface area contributed by atoms with Crippen molar-refractivity contribution in [3.8, 4) is 6.07 Å². The number of nitriles is 1. The van der Waals surface area contributed by atoms with Gasteiger partial charge in [-0.05, 0) is 52.5 Å². The lowest BCUT2D eigenvalue weighted by atomic mass is 9.79. The zero-order valence-corrected chi connectivity index (χ0v) is 13.6. The molecular weight excluding hydrogens is 277 g/mol. The summed E-state index contributed by atoms with van der Waals surface area (Å²) in [5.41, 5.74) is 0.529. The van der Waals surface area contributed by atoms with Crippen molar-refractivity contribution >= 4 is 18.4 Å². The normalized spacial score (nSPS) is 22.4. The number of rotatable bonds is 4. The molecule has 22 heavy (non-hydrogen) atoms. The molecule has 6 heteroatoms. The maximum atomic E-state index is 9.36. The highest BCUT2D eigenvalue weighted by Gasteiger charge is 2.51. The van der Waals surface area contributed by atoms with Crippen LogP contribution in [0.15, 0.2) is 12.3 Å². The smallest absolute Gasteiger partial charge is 0.399 e. The molecule has 1 saturated carbocycles. The first-order valence-electron chi connectivity index (χ1n) is 7.82. The summed E-state index contributed by atoms with van der Waals surface area (Å²) in [5.74, 6) is 1.38. The van der Waals surface area contributed by atoms with Gasteiger partial charge in [0.25, 0.3) is 0 Å². The molecule has 0 radical (unpaired) electrons. The number of nitrogens with zero attached hydrogens (tertiary/aromatic N) is 2. The van der Waals surface area contributed by atoms with Gasteiger partial charge in [-0.15, -0.1) is 0 Å². The molecule has 1 aliphatic carbocycles. The number of anilines is 1. The summed E-state index contributed by atoms with van der Waals surface area (Å²) in [6.45, 7) is 8.93. The third kappa shape index (κ3) is 2.83. The summed E-state index contributed by atoms with van der Waals surface area (Å²) < 4.78 is 12.0. The fourth-order valence-electron chi connectivity index (χ4n) is 2.38. The molecule has 0 bridgehead atoms. The van der Waals surface area contributed by atoms with Gasteiger partial charge in [-0.3, -0.25) is 0 Å². The molecule has 0 atom stereocenters. The standard InChI is InChI=1S/C16H22BN3O2/c1-15(2)16(3,4)22-17(21-15)13-7-12(8-18)14(20-10-13)19-9-11-5-6-11/h7,10-11H,5-6,9H2,1-4H3,(H,19,20). The second-order valence-corrected chi connectivity index (χ2v) is 7.19. The Hall–Kier alpha value is -1.58. The Bertz CT molecular complexity index is 604. The van der Waals surface area contributed by atoms with Gasteiger partial charge in [0, 0.05) is 18.2 Å². The third-order valence-corrected chi connectivity index (χ3v) is 4.81. The van der Waals surface area contributed by atoms with E-state index in [4.69, 9.17) is 9.31 Å². The topological polar surface area (TPSA) is 67.2 Å². The Morgan fingerprint density at radius 3 is 2.50 bits per heavy atom. The fraction of sp³-hybridized carbons (Fsp3) is 0.625. The number of pyridine rings is 1. The molecule has 2 aliphatic rings. The van der Waals surface area contributed by atoms with Crippen molar-refractivity contribution < 1.29 is 9.31 Å². The second-order valence-electron chi connectivity index (χ2n) is 7.19. The molecule has 1 N–H and O–H groups in total. The highest BCUT2D eigenvalue weighted by atomic mass is 16.7. The van der Waals surface area contributed by atoms with E-state index in [9.17, 15) is 5.26 Å². The zero-order chi connectivity index (χ0) is 16.0. The van der Waals surface area contributed by atoms with E-state index >= 15 is 0 Å². The molecule has 0 unspecified atom stereocenters. The number of hydrogen-bond acceptors (Lipinski definition) is 5. The van der Waals surface area contributed by atoms with Crippen LogP contribution in [0.2, 0.25) is 0 Å². The summed E-state index contributed by atoms with van der Waals surface area (Å²) in [4.78, 5) is 4.40. The van der Waals surface area contributed by atoms with Gasteiger partial charge in [-0.25, -0.2) is 4.98 Å². The molecule has 0 spiro atoms. The Morgan fingerprint density at radius 1 is 1.32 bits per heavy atom. The van der Waals surface area contributed by atoms with Crippen LogP contribution in [0.1, 0.15) is 46.1 Å². The summed E-state index contributed by atoms with van der Waals surface area (Å²) in [6, 6.07) is 4.02. The SMILES string of the molecule is CC1(C)OB(c2cnc(NCC3CC3)c(C#N)c2)OC1(C)C.